The summed E-state index contributed by atoms with van der Waals surface area (Å²) in [6, 6.07) is 5.10. The van der Waals surface area contributed by atoms with Crippen molar-refractivity contribution >= 4 is 47.4 Å². The summed E-state index contributed by atoms with van der Waals surface area (Å²) < 4.78 is 0. The first-order chi connectivity index (χ1) is 12.0. The van der Waals surface area contributed by atoms with E-state index in [0.29, 0.717) is 28.7 Å². The van der Waals surface area contributed by atoms with Crippen molar-refractivity contribution in [2.45, 2.75) is 25.8 Å². The number of amides is 2. The van der Waals surface area contributed by atoms with E-state index in [1.165, 1.54) is 0 Å². The van der Waals surface area contributed by atoms with Crippen LogP contribution in [0.3, 0.4) is 0 Å². The number of likely N-dealkylation sites (tertiary alicyclic amines) is 1. The summed E-state index contributed by atoms with van der Waals surface area (Å²) in [6.45, 7) is 5.58. The van der Waals surface area contributed by atoms with Gasteiger partial charge in [-0.3, -0.25) is 9.59 Å². The van der Waals surface area contributed by atoms with Crippen molar-refractivity contribution < 1.29 is 9.59 Å². The van der Waals surface area contributed by atoms with Crippen molar-refractivity contribution in [2.75, 3.05) is 32.7 Å². The van der Waals surface area contributed by atoms with E-state index in [1.54, 1.807) is 23.1 Å². The smallest absolute Gasteiger partial charge is 0.253 e. The zero-order valence-corrected chi connectivity index (χ0v) is 17.0. The summed E-state index contributed by atoms with van der Waals surface area (Å²) >= 11 is 11.9. The Morgan fingerprint density at radius 3 is 2.65 bits per heavy atom. The minimum Gasteiger partial charge on any atom is -0.338 e. The van der Waals surface area contributed by atoms with Gasteiger partial charge in [-0.2, -0.15) is 0 Å². The second kappa shape index (κ2) is 9.27. The maximum absolute atomic E-state index is 12.9. The fourth-order valence-corrected chi connectivity index (χ4v) is 3.88. The molecule has 5 nitrogen and oxygen atoms in total. The van der Waals surface area contributed by atoms with Gasteiger partial charge < -0.3 is 15.1 Å². The van der Waals surface area contributed by atoms with Gasteiger partial charge in [-0.1, -0.05) is 23.2 Å². The molecular weight excluding hydrogens is 397 g/mol. The number of hydrogen-bond acceptors (Lipinski definition) is 3. The van der Waals surface area contributed by atoms with E-state index in [9.17, 15) is 9.59 Å². The number of carbonyl (C=O) groups excluding carboxylic acids is 2. The standard InChI is InChI=1S/C18H23Cl2N3O2.ClH/c1-12-10-21-6-8-23(12)18(25)14-3-2-7-22(11-14)17(24)13-4-5-15(19)16(20)9-13;/h4-5,9,12,14,21H,2-3,6-8,10-11H2,1H3;1H/t12-,14?;/m1./s1. The molecule has 2 saturated heterocycles. The first-order valence-corrected chi connectivity index (χ1v) is 9.48. The molecule has 2 atom stereocenters. The molecule has 0 spiro atoms. The molecular formula is C18H24Cl3N3O2. The highest BCUT2D eigenvalue weighted by Crippen LogP contribution is 2.26. The second-order valence-corrected chi connectivity index (χ2v) is 7.62. The first-order valence-electron chi connectivity index (χ1n) is 8.73. The molecule has 0 aliphatic carbocycles. The Morgan fingerprint density at radius 2 is 1.96 bits per heavy atom. The minimum absolute atomic E-state index is 0. The number of hydrogen-bond donors (Lipinski definition) is 1. The van der Waals surface area contributed by atoms with Crippen LogP contribution in [0.4, 0.5) is 0 Å². The fraction of sp³-hybridized carbons (Fsp3) is 0.556. The van der Waals surface area contributed by atoms with E-state index >= 15 is 0 Å². The van der Waals surface area contributed by atoms with Crippen LogP contribution >= 0.6 is 35.6 Å². The first kappa shape index (κ1) is 21.3. The second-order valence-electron chi connectivity index (χ2n) is 6.80. The maximum Gasteiger partial charge on any atom is 0.253 e. The zero-order valence-electron chi connectivity index (χ0n) is 14.7. The number of rotatable bonds is 2. The van der Waals surface area contributed by atoms with E-state index in [2.05, 4.69) is 12.2 Å². The van der Waals surface area contributed by atoms with Crippen LogP contribution < -0.4 is 5.32 Å². The van der Waals surface area contributed by atoms with Crippen LogP contribution in [0, 0.1) is 5.92 Å². The van der Waals surface area contributed by atoms with Crippen LogP contribution in [0.1, 0.15) is 30.1 Å². The lowest BCUT2D eigenvalue weighted by molar-refractivity contribution is -0.139. The van der Waals surface area contributed by atoms with Crippen LogP contribution in [-0.2, 0) is 4.79 Å². The van der Waals surface area contributed by atoms with Crippen LogP contribution in [0.2, 0.25) is 10.0 Å². The number of piperidine rings is 1. The van der Waals surface area contributed by atoms with E-state index < -0.39 is 0 Å². The van der Waals surface area contributed by atoms with Gasteiger partial charge in [0.25, 0.3) is 5.91 Å². The molecule has 1 unspecified atom stereocenters. The molecule has 8 heteroatoms. The lowest BCUT2D eigenvalue weighted by atomic mass is 9.95. The summed E-state index contributed by atoms with van der Waals surface area (Å²) in [4.78, 5) is 29.4. The number of piperazine rings is 1. The molecule has 0 saturated carbocycles. The number of carbonyl (C=O) groups is 2. The normalized spacial score (nSPS) is 23.3. The molecule has 0 bridgehead atoms. The predicted octanol–water partition coefficient (Wildman–Crippen LogP) is 3.09. The monoisotopic (exact) mass is 419 g/mol. The Balaban J connectivity index is 0.00000243. The topological polar surface area (TPSA) is 52.7 Å². The van der Waals surface area contributed by atoms with Gasteiger partial charge in [-0.25, -0.2) is 0 Å². The molecule has 2 heterocycles. The molecule has 3 rings (SSSR count). The Kier molecular flexibility index (Phi) is 7.59. The Morgan fingerprint density at radius 1 is 1.19 bits per heavy atom. The number of halogens is 3. The van der Waals surface area contributed by atoms with Gasteiger partial charge in [0.15, 0.2) is 0 Å². The van der Waals surface area contributed by atoms with Gasteiger partial charge >= 0.3 is 0 Å². The lowest BCUT2D eigenvalue weighted by Crippen LogP contribution is -2.55. The number of benzene rings is 1. The van der Waals surface area contributed by atoms with E-state index in [0.717, 1.165) is 32.5 Å². The lowest BCUT2D eigenvalue weighted by Gasteiger charge is -2.39. The molecule has 2 aliphatic rings. The summed E-state index contributed by atoms with van der Waals surface area (Å²) in [5, 5.41) is 4.09. The largest absolute Gasteiger partial charge is 0.338 e. The molecule has 0 aromatic heterocycles. The van der Waals surface area contributed by atoms with Gasteiger partial charge in [0, 0.05) is 44.3 Å². The molecule has 26 heavy (non-hydrogen) atoms. The Bertz CT molecular complexity index is 671. The highest BCUT2D eigenvalue weighted by molar-refractivity contribution is 6.42. The van der Waals surface area contributed by atoms with Crippen LogP contribution in [0.15, 0.2) is 18.2 Å². The minimum atomic E-state index is -0.124. The third kappa shape index (κ3) is 4.63. The molecule has 144 valence electrons. The van der Waals surface area contributed by atoms with E-state index in [4.69, 9.17) is 23.2 Å². The fourth-order valence-electron chi connectivity index (χ4n) is 3.58. The van der Waals surface area contributed by atoms with Gasteiger partial charge in [0.1, 0.15) is 0 Å². The van der Waals surface area contributed by atoms with Crippen LogP contribution in [0.5, 0.6) is 0 Å². The number of nitrogens with one attached hydrogen (secondary N) is 1. The van der Waals surface area contributed by atoms with Gasteiger partial charge in [-0.05, 0) is 38.0 Å². The summed E-state index contributed by atoms with van der Waals surface area (Å²) in [5.74, 6) is -0.0499. The quantitative estimate of drug-likeness (QED) is 0.800. The molecule has 1 aromatic rings. The van der Waals surface area contributed by atoms with Crippen molar-refractivity contribution in [1.82, 2.24) is 15.1 Å². The third-order valence-corrected chi connectivity index (χ3v) is 5.75. The highest BCUT2D eigenvalue weighted by atomic mass is 35.5. The summed E-state index contributed by atoms with van der Waals surface area (Å²) in [5.41, 5.74) is 0.512. The molecule has 0 radical (unpaired) electrons. The van der Waals surface area contributed by atoms with Gasteiger partial charge in [0.2, 0.25) is 5.91 Å². The van der Waals surface area contributed by atoms with Crippen molar-refractivity contribution in [2.24, 2.45) is 5.92 Å². The summed E-state index contributed by atoms with van der Waals surface area (Å²) in [6.07, 6.45) is 1.67. The Hall–Kier alpha value is -1.01. The predicted molar refractivity (Wildman–Crippen MR) is 106 cm³/mol. The molecule has 2 aliphatic heterocycles. The third-order valence-electron chi connectivity index (χ3n) is 5.01. The molecule has 1 aromatic carbocycles. The summed E-state index contributed by atoms with van der Waals surface area (Å²) in [7, 11) is 0. The average molecular weight is 421 g/mol. The maximum atomic E-state index is 12.9. The van der Waals surface area contributed by atoms with Crippen molar-refractivity contribution in [3.63, 3.8) is 0 Å². The van der Waals surface area contributed by atoms with Crippen molar-refractivity contribution in [3.8, 4) is 0 Å². The number of nitrogens with zero attached hydrogens (tertiary/aromatic N) is 2. The SMILES string of the molecule is C[C@@H]1CNCCN1C(=O)C1CCCN(C(=O)c2ccc(Cl)c(Cl)c2)C1.Cl. The van der Waals surface area contributed by atoms with Gasteiger partial charge in [0.05, 0.1) is 16.0 Å². The average Bonchev–Trinajstić information content (AvgIpc) is 2.63. The van der Waals surface area contributed by atoms with Crippen LogP contribution in [-0.4, -0.2) is 60.4 Å². The van der Waals surface area contributed by atoms with E-state index in [-0.39, 0.29) is 36.2 Å². The molecule has 2 amide bonds. The van der Waals surface area contributed by atoms with Crippen molar-refractivity contribution in [3.05, 3.63) is 33.8 Å². The van der Waals surface area contributed by atoms with E-state index in [1.807, 2.05) is 4.90 Å². The zero-order chi connectivity index (χ0) is 18.0. The molecule has 1 N–H and O–H groups in total. The highest BCUT2D eigenvalue weighted by Gasteiger charge is 2.34. The van der Waals surface area contributed by atoms with Crippen LogP contribution in [0.25, 0.3) is 0 Å². The van der Waals surface area contributed by atoms with Gasteiger partial charge in [-0.15, -0.1) is 12.4 Å². The molecule has 2 fully saturated rings. The Labute approximate surface area is 170 Å². The van der Waals surface area contributed by atoms with Crippen molar-refractivity contribution in [1.29, 1.82) is 0 Å².